The third-order valence-electron chi connectivity index (χ3n) is 4.43. The van der Waals surface area contributed by atoms with Gasteiger partial charge in [0, 0.05) is 24.9 Å². The first-order valence-electron chi connectivity index (χ1n) is 10.0. The molecule has 7 nitrogen and oxygen atoms in total. The molecule has 0 radical (unpaired) electrons. The lowest BCUT2D eigenvalue weighted by molar-refractivity contribution is 0.102. The maximum absolute atomic E-state index is 13.1. The summed E-state index contributed by atoms with van der Waals surface area (Å²) >= 11 is 0. The van der Waals surface area contributed by atoms with Crippen LogP contribution in [0, 0.1) is 11.8 Å². The number of para-hydroxylation sites is 1. The van der Waals surface area contributed by atoms with E-state index in [1.807, 2.05) is 27.7 Å². The van der Waals surface area contributed by atoms with E-state index < -0.39 is 25.8 Å². The van der Waals surface area contributed by atoms with Gasteiger partial charge >= 0.3 is 0 Å². The highest BCUT2D eigenvalue weighted by atomic mass is 32.2. The molecule has 0 aromatic heterocycles. The molecule has 9 heteroatoms. The van der Waals surface area contributed by atoms with Crippen molar-refractivity contribution in [1.82, 2.24) is 4.31 Å². The molecular weight excluding hydrogens is 436 g/mol. The quantitative estimate of drug-likeness (QED) is 0.608. The Bertz CT molecular complexity index is 1110. The second kappa shape index (κ2) is 9.93. The molecule has 0 atom stereocenters. The molecule has 0 aliphatic rings. The van der Waals surface area contributed by atoms with E-state index >= 15 is 0 Å². The SMILES string of the molecule is CC(C)CN(CC(C)C)S(=O)(=O)c1ccc(C(=O)Nc2ccccc2S(C)(=O)=O)cc1. The molecule has 1 N–H and O–H groups in total. The molecule has 0 fully saturated rings. The standard InChI is InChI=1S/C22H30N2O5S2/c1-16(2)14-24(15-17(3)4)31(28,29)19-12-10-18(11-13-19)22(25)23-20-8-6-7-9-21(20)30(5,26)27/h6-13,16-17H,14-15H2,1-5H3,(H,23,25). The van der Waals surface area contributed by atoms with Gasteiger partial charge in [-0.2, -0.15) is 4.31 Å². The minimum absolute atomic E-state index is 0.0144. The second-order valence-electron chi connectivity index (χ2n) is 8.36. The number of benzene rings is 2. The zero-order chi connectivity index (χ0) is 23.4. The molecule has 2 aromatic carbocycles. The summed E-state index contributed by atoms with van der Waals surface area (Å²) in [6, 6.07) is 11.8. The molecule has 0 aliphatic carbocycles. The lowest BCUT2D eigenvalue weighted by atomic mass is 10.2. The Morgan fingerprint density at radius 3 is 1.87 bits per heavy atom. The monoisotopic (exact) mass is 466 g/mol. The first-order valence-corrected chi connectivity index (χ1v) is 13.4. The Kier molecular flexibility index (Phi) is 8.02. The van der Waals surface area contributed by atoms with Gasteiger partial charge < -0.3 is 5.32 Å². The van der Waals surface area contributed by atoms with Crippen LogP contribution in [0.5, 0.6) is 0 Å². The van der Waals surface area contributed by atoms with E-state index in [2.05, 4.69) is 5.32 Å². The van der Waals surface area contributed by atoms with Gasteiger partial charge in [-0.25, -0.2) is 16.8 Å². The smallest absolute Gasteiger partial charge is 0.255 e. The summed E-state index contributed by atoms with van der Waals surface area (Å²) in [5.74, 6) is -0.178. The molecule has 0 heterocycles. The zero-order valence-corrected chi connectivity index (χ0v) is 20.1. The number of carbonyl (C=O) groups excluding carboxylic acids is 1. The highest BCUT2D eigenvalue weighted by molar-refractivity contribution is 7.91. The first kappa shape index (κ1) is 25.0. The lowest BCUT2D eigenvalue weighted by Gasteiger charge is -2.25. The third kappa shape index (κ3) is 6.62. The third-order valence-corrected chi connectivity index (χ3v) is 7.43. The van der Waals surface area contributed by atoms with Crippen LogP contribution in [0.2, 0.25) is 0 Å². The molecule has 2 rings (SSSR count). The molecule has 0 saturated carbocycles. The fraction of sp³-hybridized carbons (Fsp3) is 0.409. The number of sulfonamides is 1. The van der Waals surface area contributed by atoms with Crippen molar-refractivity contribution in [1.29, 1.82) is 0 Å². The minimum atomic E-state index is -3.70. The number of carbonyl (C=O) groups is 1. The van der Waals surface area contributed by atoms with Gasteiger partial charge in [-0.1, -0.05) is 39.8 Å². The predicted molar refractivity (Wildman–Crippen MR) is 122 cm³/mol. The summed E-state index contributed by atoms with van der Waals surface area (Å²) < 4.78 is 51.5. The van der Waals surface area contributed by atoms with E-state index in [1.165, 1.54) is 40.7 Å². The topological polar surface area (TPSA) is 101 Å². The summed E-state index contributed by atoms with van der Waals surface area (Å²) in [6.45, 7) is 8.67. The fourth-order valence-electron chi connectivity index (χ4n) is 3.10. The number of hydrogen-bond acceptors (Lipinski definition) is 5. The van der Waals surface area contributed by atoms with Crippen LogP contribution in [0.15, 0.2) is 58.3 Å². The Hall–Kier alpha value is -2.23. The normalized spacial score (nSPS) is 12.5. The van der Waals surface area contributed by atoms with Crippen LogP contribution in [0.3, 0.4) is 0 Å². The number of anilines is 1. The van der Waals surface area contributed by atoms with Crippen molar-refractivity contribution >= 4 is 31.5 Å². The van der Waals surface area contributed by atoms with Gasteiger partial charge in [-0.05, 0) is 48.2 Å². The van der Waals surface area contributed by atoms with Gasteiger partial charge in [0.1, 0.15) is 0 Å². The molecule has 0 unspecified atom stereocenters. The first-order chi connectivity index (χ1) is 14.3. The number of sulfone groups is 1. The largest absolute Gasteiger partial charge is 0.321 e. The minimum Gasteiger partial charge on any atom is -0.321 e. The Morgan fingerprint density at radius 2 is 1.39 bits per heavy atom. The fourth-order valence-corrected chi connectivity index (χ4v) is 5.71. The summed E-state index contributed by atoms with van der Waals surface area (Å²) in [4.78, 5) is 12.7. The van der Waals surface area contributed by atoms with E-state index in [4.69, 9.17) is 0 Å². The van der Waals surface area contributed by atoms with Gasteiger partial charge in [0.15, 0.2) is 9.84 Å². The number of hydrogen-bond donors (Lipinski definition) is 1. The molecule has 0 bridgehead atoms. The van der Waals surface area contributed by atoms with Gasteiger partial charge in [-0.3, -0.25) is 4.79 Å². The van der Waals surface area contributed by atoms with Crippen molar-refractivity contribution < 1.29 is 21.6 Å². The van der Waals surface area contributed by atoms with Crippen molar-refractivity contribution in [3.05, 3.63) is 54.1 Å². The Labute approximate surface area is 185 Å². The molecule has 31 heavy (non-hydrogen) atoms. The molecular formula is C22H30N2O5S2. The van der Waals surface area contributed by atoms with Crippen molar-refractivity contribution in [2.24, 2.45) is 11.8 Å². The van der Waals surface area contributed by atoms with E-state index in [0.717, 1.165) is 6.26 Å². The van der Waals surface area contributed by atoms with Crippen molar-refractivity contribution in [3.63, 3.8) is 0 Å². The summed E-state index contributed by atoms with van der Waals surface area (Å²) in [7, 11) is -7.21. The van der Waals surface area contributed by atoms with Crippen LogP contribution >= 0.6 is 0 Å². The number of rotatable bonds is 9. The molecule has 170 valence electrons. The number of nitrogens with zero attached hydrogens (tertiary/aromatic N) is 1. The van der Waals surface area contributed by atoms with Crippen LogP contribution in [-0.4, -0.2) is 46.4 Å². The summed E-state index contributed by atoms with van der Waals surface area (Å²) in [5, 5.41) is 2.59. The van der Waals surface area contributed by atoms with Crippen molar-refractivity contribution in [2.75, 3.05) is 24.7 Å². The van der Waals surface area contributed by atoms with Crippen LogP contribution in [-0.2, 0) is 19.9 Å². The zero-order valence-electron chi connectivity index (χ0n) is 18.5. The number of amides is 1. The van der Waals surface area contributed by atoms with Crippen LogP contribution in [0.1, 0.15) is 38.1 Å². The highest BCUT2D eigenvalue weighted by Crippen LogP contribution is 2.23. The van der Waals surface area contributed by atoms with Crippen LogP contribution < -0.4 is 5.32 Å². The maximum atomic E-state index is 13.1. The van der Waals surface area contributed by atoms with Gasteiger partial charge in [0.25, 0.3) is 5.91 Å². The maximum Gasteiger partial charge on any atom is 0.255 e. The molecule has 0 aliphatic heterocycles. The predicted octanol–water partition coefficient (Wildman–Crippen LogP) is 3.65. The Morgan fingerprint density at radius 1 is 0.871 bits per heavy atom. The second-order valence-corrected chi connectivity index (χ2v) is 12.3. The average Bonchev–Trinajstić information content (AvgIpc) is 2.66. The van der Waals surface area contributed by atoms with E-state index in [9.17, 15) is 21.6 Å². The number of nitrogens with one attached hydrogen (secondary N) is 1. The molecule has 0 spiro atoms. The van der Waals surface area contributed by atoms with E-state index in [-0.39, 0.29) is 32.9 Å². The van der Waals surface area contributed by atoms with Gasteiger partial charge in [-0.15, -0.1) is 0 Å². The molecule has 2 aromatic rings. The van der Waals surface area contributed by atoms with Crippen molar-refractivity contribution in [3.8, 4) is 0 Å². The van der Waals surface area contributed by atoms with E-state index in [1.54, 1.807) is 12.1 Å². The summed E-state index contributed by atoms with van der Waals surface area (Å²) in [6.07, 6.45) is 1.07. The van der Waals surface area contributed by atoms with E-state index in [0.29, 0.717) is 13.1 Å². The lowest BCUT2D eigenvalue weighted by Crippen LogP contribution is -2.37. The van der Waals surface area contributed by atoms with Crippen molar-refractivity contribution in [2.45, 2.75) is 37.5 Å². The molecule has 1 amide bonds. The summed E-state index contributed by atoms with van der Waals surface area (Å²) in [5.41, 5.74) is 0.397. The highest BCUT2D eigenvalue weighted by Gasteiger charge is 2.26. The van der Waals surface area contributed by atoms with Gasteiger partial charge in [0.05, 0.1) is 15.5 Å². The van der Waals surface area contributed by atoms with Gasteiger partial charge in [0.2, 0.25) is 10.0 Å². The Balaban J connectivity index is 2.28. The van der Waals surface area contributed by atoms with Crippen LogP contribution in [0.25, 0.3) is 0 Å². The average molecular weight is 467 g/mol. The molecule has 0 saturated heterocycles. The van der Waals surface area contributed by atoms with Crippen LogP contribution in [0.4, 0.5) is 5.69 Å².